The maximum absolute atomic E-state index is 9.75. The Morgan fingerprint density at radius 1 is 0.758 bits per heavy atom. The Balaban J connectivity index is 0.000000555. The normalized spacial score (nSPS) is 11.5. The van der Waals surface area contributed by atoms with Gasteiger partial charge in [0.2, 0.25) is 5.69 Å². The molecule has 0 amide bonds. The summed E-state index contributed by atoms with van der Waals surface area (Å²) in [6.07, 6.45) is 1.97. The van der Waals surface area contributed by atoms with Crippen LogP contribution in [0.25, 0.3) is 10.8 Å². The van der Waals surface area contributed by atoms with Crippen molar-refractivity contribution < 1.29 is 27.0 Å². The number of hydrogen-bond acceptors (Lipinski definition) is 3. The van der Waals surface area contributed by atoms with E-state index in [9.17, 15) is 17.3 Å². The molecule has 0 aliphatic heterocycles. The molecule has 0 aliphatic rings. The number of methoxy groups -OCH3 is 1. The van der Waals surface area contributed by atoms with Crippen LogP contribution in [0, 0.1) is 0 Å². The van der Waals surface area contributed by atoms with Gasteiger partial charge in [-0.05, 0) is 47.9 Å². The van der Waals surface area contributed by atoms with Gasteiger partial charge < -0.3 is 22.0 Å². The predicted molar refractivity (Wildman–Crippen MR) is 124 cm³/mol. The van der Waals surface area contributed by atoms with Gasteiger partial charge in [-0.3, -0.25) is 0 Å². The summed E-state index contributed by atoms with van der Waals surface area (Å²) in [4.78, 5) is 3.38. The summed E-state index contributed by atoms with van der Waals surface area (Å²) in [7, 11) is -4.35. The summed E-state index contributed by atoms with van der Waals surface area (Å²) in [6.45, 7) is 0. The van der Waals surface area contributed by atoms with Crippen molar-refractivity contribution >= 4 is 41.3 Å². The molecule has 0 fully saturated rings. The third-order valence-corrected chi connectivity index (χ3v) is 4.43. The minimum absolute atomic E-state index is 0.770. The highest BCUT2D eigenvalue weighted by molar-refractivity contribution is 6.50. The van der Waals surface area contributed by atoms with Gasteiger partial charge in [0.05, 0.1) is 12.8 Å². The second-order valence-corrected chi connectivity index (χ2v) is 6.78. The van der Waals surface area contributed by atoms with Gasteiger partial charge in [-0.2, -0.15) is 5.11 Å². The molecular formula is C24H20BF4N3O. The van der Waals surface area contributed by atoms with Gasteiger partial charge >= 0.3 is 7.25 Å². The Kier molecular flexibility index (Phi) is 7.91. The molecule has 33 heavy (non-hydrogen) atoms. The van der Waals surface area contributed by atoms with Crippen molar-refractivity contribution in [1.82, 2.24) is 0 Å². The molecule has 0 heterocycles. The Hall–Kier alpha value is -4.01. The van der Waals surface area contributed by atoms with E-state index in [2.05, 4.69) is 33.4 Å². The molecule has 0 atom stereocenters. The number of azo groups is 1. The van der Waals surface area contributed by atoms with Gasteiger partial charge in [-0.15, -0.1) is 5.11 Å². The smallest absolute Gasteiger partial charge is 0.497 e. The fourth-order valence-electron chi connectivity index (χ4n) is 2.95. The first kappa shape index (κ1) is 23.7. The molecule has 4 aromatic carbocycles. The number of ether oxygens (including phenoxy) is 1. The highest BCUT2D eigenvalue weighted by Gasteiger charge is 2.20. The Labute approximate surface area is 188 Å². The van der Waals surface area contributed by atoms with E-state index in [0.29, 0.717) is 0 Å². The van der Waals surface area contributed by atoms with Gasteiger partial charge in [0.25, 0.3) is 0 Å². The van der Waals surface area contributed by atoms with E-state index in [4.69, 9.17) is 4.74 Å². The molecule has 4 rings (SSSR count). The van der Waals surface area contributed by atoms with E-state index >= 15 is 0 Å². The van der Waals surface area contributed by atoms with Crippen molar-refractivity contribution in [2.24, 2.45) is 10.2 Å². The largest absolute Gasteiger partial charge is 0.673 e. The van der Waals surface area contributed by atoms with Gasteiger partial charge in [0, 0.05) is 17.0 Å². The van der Waals surface area contributed by atoms with Crippen LogP contribution in [0.2, 0.25) is 0 Å². The monoisotopic (exact) mass is 453 g/mol. The standard InChI is InChI=1S/C24H19N3O.BF4/c1-28-21-14-12-20(13-15-21)26-27-24-22-10-6-5-9-19(22)11-16-23(24)25-17-18-7-3-2-4-8-18;2-1(3,4)5/h2-17H,1H3;/q;-1/p+1. The quantitative estimate of drug-likeness (QED) is 0.162. The van der Waals surface area contributed by atoms with Crippen LogP contribution in [0.5, 0.6) is 5.75 Å². The number of nitrogens with one attached hydrogen (secondary N) is 1. The average Bonchev–Trinajstić information content (AvgIpc) is 2.81. The van der Waals surface area contributed by atoms with Crippen LogP contribution in [0.1, 0.15) is 5.56 Å². The first-order valence-corrected chi connectivity index (χ1v) is 9.93. The maximum Gasteiger partial charge on any atom is 0.673 e. The number of rotatable bonds is 5. The Bertz CT molecular complexity index is 1240. The summed E-state index contributed by atoms with van der Waals surface area (Å²) >= 11 is 0. The maximum atomic E-state index is 9.75. The van der Waals surface area contributed by atoms with Crippen LogP contribution in [0.15, 0.2) is 101 Å². The van der Waals surface area contributed by atoms with E-state index in [1.54, 1.807) is 7.11 Å². The van der Waals surface area contributed by atoms with Crippen LogP contribution in [0.4, 0.5) is 34.3 Å². The minimum atomic E-state index is -6.00. The Morgan fingerprint density at radius 3 is 2.06 bits per heavy atom. The fourth-order valence-corrected chi connectivity index (χ4v) is 2.95. The topological polar surface area (TPSA) is 47.9 Å². The second-order valence-electron chi connectivity index (χ2n) is 6.78. The van der Waals surface area contributed by atoms with E-state index in [-0.39, 0.29) is 0 Å². The third-order valence-electron chi connectivity index (χ3n) is 4.43. The predicted octanol–water partition coefficient (Wildman–Crippen LogP) is 6.40. The minimum Gasteiger partial charge on any atom is -0.497 e. The number of halogens is 4. The molecule has 4 aromatic rings. The van der Waals surface area contributed by atoms with E-state index in [1.807, 2.05) is 79.0 Å². The lowest BCUT2D eigenvalue weighted by Gasteiger charge is -2.02. The highest BCUT2D eigenvalue weighted by Crippen LogP contribution is 2.32. The summed E-state index contributed by atoms with van der Waals surface area (Å²) in [5.41, 5.74) is 3.57. The zero-order chi connectivity index (χ0) is 23.7. The number of nitrogens with zero attached hydrogens (tertiary/aromatic N) is 2. The van der Waals surface area contributed by atoms with E-state index in [1.165, 1.54) is 0 Å². The van der Waals surface area contributed by atoms with Gasteiger partial charge in [-0.25, -0.2) is 4.99 Å². The molecule has 0 unspecified atom stereocenters. The van der Waals surface area contributed by atoms with Crippen molar-refractivity contribution in [1.29, 1.82) is 0 Å². The van der Waals surface area contributed by atoms with Crippen molar-refractivity contribution in [2.45, 2.75) is 0 Å². The van der Waals surface area contributed by atoms with Crippen molar-refractivity contribution in [2.75, 3.05) is 7.11 Å². The summed E-state index contributed by atoms with van der Waals surface area (Å²) < 4.78 is 44.2. The van der Waals surface area contributed by atoms with E-state index < -0.39 is 7.25 Å². The summed E-state index contributed by atoms with van der Waals surface area (Å²) in [5, 5.41) is 11.2. The lowest BCUT2D eigenvalue weighted by molar-refractivity contribution is -0.345. The van der Waals surface area contributed by atoms with Crippen molar-refractivity contribution in [3.8, 4) is 5.75 Å². The highest BCUT2D eigenvalue weighted by atomic mass is 19.5. The molecule has 0 bridgehead atoms. The second kappa shape index (κ2) is 11.0. The molecule has 0 saturated heterocycles. The zero-order valence-electron chi connectivity index (χ0n) is 17.6. The van der Waals surface area contributed by atoms with Gasteiger partial charge in [0.1, 0.15) is 5.75 Å². The molecule has 9 heteroatoms. The average molecular weight is 453 g/mol. The first-order valence-electron chi connectivity index (χ1n) is 9.93. The molecule has 0 spiro atoms. The number of hydrogen-bond donors (Lipinski definition) is 1. The molecule has 0 aromatic heterocycles. The number of fused-ring (bicyclic) bond motifs is 1. The van der Waals surface area contributed by atoms with Gasteiger partial charge in [0.15, 0.2) is 11.9 Å². The van der Waals surface area contributed by atoms with Crippen LogP contribution in [0.3, 0.4) is 0 Å². The molecule has 168 valence electrons. The van der Waals surface area contributed by atoms with Crippen LogP contribution in [-0.2, 0) is 0 Å². The number of benzene rings is 4. The van der Waals surface area contributed by atoms with Crippen molar-refractivity contribution in [3.05, 3.63) is 96.6 Å². The fraction of sp³-hybridized carbons (Fsp3) is 0.0417. The lowest BCUT2D eigenvalue weighted by atomic mass is 10.1. The molecule has 0 radical (unpaired) electrons. The lowest BCUT2D eigenvalue weighted by Crippen LogP contribution is -2.61. The van der Waals surface area contributed by atoms with Crippen LogP contribution in [-0.4, -0.2) is 20.6 Å². The van der Waals surface area contributed by atoms with E-state index in [0.717, 1.165) is 39.1 Å². The van der Waals surface area contributed by atoms with Gasteiger partial charge in [-0.1, -0.05) is 42.5 Å². The molecule has 0 aliphatic carbocycles. The molecule has 4 nitrogen and oxygen atoms in total. The van der Waals surface area contributed by atoms with Crippen LogP contribution < -0.4 is 9.73 Å². The summed E-state index contributed by atoms with van der Waals surface area (Å²) in [5.74, 6) is 0.795. The Morgan fingerprint density at radius 2 is 1.39 bits per heavy atom. The molecule has 1 N–H and O–H groups in total. The van der Waals surface area contributed by atoms with Crippen molar-refractivity contribution in [3.63, 3.8) is 0 Å². The third kappa shape index (κ3) is 7.57. The first-order chi connectivity index (χ1) is 15.8. The van der Waals surface area contributed by atoms with Crippen LogP contribution >= 0.6 is 0 Å². The SMILES string of the molecule is COc1ccc(N=Nc2c([NH+]=Cc3ccccc3)ccc3ccccc23)cc1.F[B-](F)(F)F. The zero-order valence-corrected chi connectivity index (χ0v) is 17.6. The molecular weight excluding hydrogens is 433 g/mol. The summed E-state index contributed by atoms with van der Waals surface area (Å²) in [6, 6.07) is 29.9. The molecule has 0 saturated carbocycles.